The summed E-state index contributed by atoms with van der Waals surface area (Å²) in [5, 5.41) is 2.98. The summed E-state index contributed by atoms with van der Waals surface area (Å²) >= 11 is 0. The van der Waals surface area contributed by atoms with Crippen LogP contribution in [0.5, 0.6) is 0 Å². The molecular weight excluding hydrogens is 494 g/mol. The summed E-state index contributed by atoms with van der Waals surface area (Å²) in [6, 6.07) is 20.1. The van der Waals surface area contributed by atoms with Gasteiger partial charge in [-0.15, -0.1) is 0 Å². The molecule has 0 saturated carbocycles. The zero-order valence-electron chi connectivity index (χ0n) is 23.6. The second-order valence-electron chi connectivity index (χ2n) is 10.2. The van der Waals surface area contributed by atoms with Crippen LogP contribution in [0.2, 0.25) is 0 Å². The molecule has 2 amide bonds. The Hall–Kier alpha value is -4.11. The molecule has 0 unspecified atom stereocenters. The number of aromatic nitrogens is 1. The van der Waals surface area contributed by atoms with Gasteiger partial charge in [0.15, 0.2) is 5.82 Å². The predicted octanol–water partition coefficient (Wildman–Crippen LogP) is 5.73. The molecule has 39 heavy (non-hydrogen) atoms. The minimum Gasteiger partial charge on any atom is -0.443 e. The van der Waals surface area contributed by atoms with Crippen molar-refractivity contribution >= 4 is 29.2 Å². The number of hydrogen-bond acceptors (Lipinski definition) is 7. The molecule has 0 saturated heterocycles. The van der Waals surface area contributed by atoms with Crippen molar-refractivity contribution in [3.63, 3.8) is 0 Å². The Kier molecular flexibility index (Phi) is 10.3. The van der Waals surface area contributed by atoms with Gasteiger partial charge in [-0.2, -0.15) is 0 Å². The smallest absolute Gasteiger partial charge is 0.426 e. The average Bonchev–Trinajstić information content (AvgIpc) is 2.89. The fourth-order valence-corrected chi connectivity index (χ4v) is 3.88. The Labute approximate surface area is 230 Å². The van der Waals surface area contributed by atoms with E-state index in [0.717, 1.165) is 22.4 Å². The van der Waals surface area contributed by atoms with E-state index in [1.54, 1.807) is 20.8 Å². The number of carbonyl (C=O) groups excluding carboxylic acids is 2. The Morgan fingerprint density at radius 3 is 1.97 bits per heavy atom. The van der Waals surface area contributed by atoms with Crippen LogP contribution in [0.25, 0.3) is 0 Å². The first-order valence-corrected chi connectivity index (χ1v) is 13.0. The molecule has 0 aliphatic heterocycles. The normalized spacial score (nSPS) is 11.0. The number of nitrogens with one attached hydrogen (secondary N) is 3. The lowest BCUT2D eigenvalue weighted by Gasteiger charge is -2.29. The van der Waals surface area contributed by atoms with E-state index in [1.807, 2.05) is 57.2 Å². The number of hydrazine groups is 1. The number of amides is 2. The quantitative estimate of drug-likeness (QED) is 0.270. The van der Waals surface area contributed by atoms with Crippen LogP contribution in [0.15, 0.2) is 60.7 Å². The van der Waals surface area contributed by atoms with Gasteiger partial charge in [0.25, 0.3) is 5.91 Å². The van der Waals surface area contributed by atoms with Crippen molar-refractivity contribution in [2.24, 2.45) is 0 Å². The molecule has 3 N–H and O–H groups in total. The number of benzene rings is 2. The van der Waals surface area contributed by atoms with Crippen molar-refractivity contribution in [2.75, 3.05) is 28.9 Å². The maximum atomic E-state index is 12.9. The van der Waals surface area contributed by atoms with E-state index >= 15 is 0 Å². The zero-order chi connectivity index (χ0) is 28.4. The molecule has 0 radical (unpaired) electrons. The van der Waals surface area contributed by atoms with Crippen LogP contribution < -0.4 is 21.1 Å². The number of anilines is 3. The van der Waals surface area contributed by atoms with Crippen LogP contribution in [0.1, 0.15) is 50.1 Å². The second kappa shape index (κ2) is 13.6. The fraction of sp³-hybridized carbons (Fsp3) is 0.367. The third-order valence-electron chi connectivity index (χ3n) is 5.79. The van der Waals surface area contributed by atoms with Gasteiger partial charge >= 0.3 is 6.09 Å². The Balaban J connectivity index is 2.09. The van der Waals surface area contributed by atoms with Crippen molar-refractivity contribution in [2.45, 2.75) is 60.2 Å². The van der Waals surface area contributed by atoms with Crippen molar-refractivity contribution in [1.82, 2.24) is 10.4 Å². The van der Waals surface area contributed by atoms with Crippen LogP contribution in [0.4, 0.5) is 22.0 Å². The molecule has 9 heteroatoms. The van der Waals surface area contributed by atoms with Gasteiger partial charge in [-0.05, 0) is 58.2 Å². The summed E-state index contributed by atoms with van der Waals surface area (Å²) in [5.41, 5.74) is 9.54. The number of nitrogens with zero attached hydrogens (tertiary/aromatic N) is 2. The van der Waals surface area contributed by atoms with E-state index in [4.69, 9.17) is 14.5 Å². The first-order valence-electron chi connectivity index (χ1n) is 13.0. The zero-order valence-corrected chi connectivity index (χ0v) is 23.6. The van der Waals surface area contributed by atoms with Crippen molar-refractivity contribution < 1.29 is 19.1 Å². The Morgan fingerprint density at radius 1 is 0.897 bits per heavy atom. The van der Waals surface area contributed by atoms with Gasteiger partial charge in [0.05, 0.1) is 5.69 Å². The highest BCUT2D eigenvalue weighted by molar-refractivity contribution is 6.00. The fourth-order valence-electron chi connectivity index (χ4n) is 3.88. The molecule has 0 aliphatic rings. The molecule has 0 atom stereocenters. The third-order valence-corrected chi connectivity index (χ3v) is 5.79. The molecule has 1 aromatic heterocycles. The van der Waals surface area contributed by atoms with E-state index in [1.165, 1.54) is 0 Å². The minimum absolute atomic E-state index is 0.112. The highest BCUT2D eigenvalue weighted by atomic mass is 16.6. The molecule has 1 heterocycles. The molecule has 3 rings (SSSR count). The minimum atomic E-state index is -0.670. The number of rotatable bonds is 11. The lowest BCUT2D eigenvalue weighted by Crippen LogP contribution is -2.36. The van der Waals surface area contributed by atoms with E-state index < -0.39 is 11.7 Å². The SMILES string of the molecule is CCOCC(=O)Nc1c(N(Cc2ccccc2)Cc2ccccc2)nc(C)c(C)c1NNC(=O)OC(C)(C)C. The molecule has 0 aliphatic carbocycles. The first-order chi connectivity index (χ1) is 18.6. The number of ether oxygens (including phenoxy) is 2. The molecule has 9 nitrogen and oxygen atoms in total. The Bertz CT molecular complexity index is 1200. The van der Waals surface area contributed by atoms with Gasteiger partial charge in [-0.25, -0.2) is 15.2 Å². The van der Waals surface area contributed by atoms with Gasteiger partial charge < -0.3 is 19.7 Å². The summed E-state index contributed by atoms with van der Waals surface area (Å²) in [6.07, 6.45) is -0.644. The number of aryl methyl sites for hydroxylation is 1. The monoisotopic (exact) mass is 533 g/mol. The number of pyridine rings is 1. The van der Waals surface area contributed by atoms with E-state index in [9.17, 15) is 9.59 Å². The number of carbonyl (C=O) groups is 2. The van der Waals surface area contributed by atoms with Crippen molar-refractivity contribution in [1.29, 1.82) is 0 Å². The van der Waals surface area contributed by atoms with Crippen LogP contribution in [0.3, 0.4) is 0 Å². The molecule has 0 spiro atoms. The molecule has 208 valence electrons. The third kappa shape index (κ3) is 9.00. The Morgan fingerprint density at radius 2 is 1.46 bits per heavy atom. The second-order valence-corrected chi connectivity index (χ2v) is 10.2. The predicted molar refractivity (Wildman–Crippen MR) is 155 cm³/mol. The molecule has 2 aromatic carbocycles. The topological polar surface area (TPSA) is 105 Å². The van der Waals surface area contributed by atoms with Gasteiger partial charge in [0, 0.05) is 25.4 Å². The van der Waals surface area contributed by atoms with Crippen LogP contribution in [0, 0.1) is 13.8 Å². The summed E-state index contributed by atoms with van der Waals surface area (Å²) in [4.78, 5) is 32.4. The lowest BCUT2D eigenvalue weighted by atomic mass is 10.1. The summed E-state index contributed by atoms with van der Waals surface area (Å²) in [6.45, 7) is 12.3. The van der Waals surface area contributed by atoms with Gasteiger partial charge in [-0.3, -0.25) is 10.2 Å². The summed E-state index contributed by atoms with van der Waals surface area (Å²) in [7, 11) is 0. The molecule has 0 fully saturated rings. The molecule has 3 aromatic rings. The summed E-state index contributed by atoms with van der Waals surface area (Å²) in [5.74, 6) is 0.229. The maximum Gasteiger partial charge on any atom is 0.426 e. The van der Waals surface area contributed by atoms with Gasteiger partial charge in [-0.1, -0.05) is 60.7 Å². The van der Waals surface area contributed by atoms with E-state index in [2.05, 4.69) is 45.3 Å². The molecule has 0 bridgehead atoms. The average molecular weight is 534 g/mol. The van der Waals surface area contributed by atoms with E-state index in [-0.39, 0.29) is 12.5 Å². The molecular formula is C30H39N5O4. The largest absolute Gasteiger partial charge is 0.443 e. The summed E-state index contributed by atoms with van der Waals surface area (Å²) < 4.78 is 10.7. The van der Waals surface area contributed by atoms with Crippen LogP contribution in [-0.4, -0.2) is 35.8 Å². The van der Waals surface area contributed by atoms with Gasteiger partial charge in [0.1, 0.15) is 17.9 Å². The van der Waals surface area contributed by atoms with Crippen LogP contribution >= 0.6 is 0 Å². The van der Waals surface area contributed by atoms with Gasteiger partial charge in [0.2, 0.25) is 0 Å². The lowest BCUT2D eigenvalue weighted by molar-refractivity contribution is -0.120. The van der Waals surface area contributed by atoms with Crippen LogP contribution in [-0.2, 0) is 27.4 Å². The number of hydrogen-bond donors (Lipinski definition) is 3. The highest BCUT2D eigenvalue weighted by Gasteiger charge is 2.24. The highest BCUT2D eigenvalue weighted by Crippen LogP contribution is 2.37. The standard InChI is InChI=1S/C30H39N5O4/c1-7-38-20-25(36)32-27-26(33-34-29(37)39-30(4,5)6)21(2)22(3)31-28(27)35(18-23-14-10-8-11-15-23)19-24-16-12-9-13-17-24/h8-17H,7,18-20H2,1-6H3,(H,31,33)(H,32,36)(H,34,37). The van der Waals surface area contributed by atoms with Crippen molar-refractivity contribution in [3.8, 4) is 0 Å². The maximum absolute atomic E-state index is 12.9. The van der Waals surface area contributed by atoms with Crippen molar-refractivity contribution in [3.05, 3.63) is 83.0 Å². The first kappa shape index (κ1) is 29.4. The van der Waals surface area contributed by atoms with E-state index in [0.29, 0.717) is 36.9 Å².